The Morgan fingerprint density at radius 3 is 3.21 bits per heavy atom. The number of nitrogens with one attached hydrogen (secondary N) is 1. The highest BCUT2D eigenvalue weighted by molar-refractivity contribution is 5.69. The van der Waals surface area contributed by atoms with Crippen LogP contribution in [-0.2, 0) is 0 Å². The van der Waals surface area contributed by atoms with Crippen LogP contribution in [0.3, 0.4) is 0 Å². The Morgan fingerprint density at radius 1 is 1.58 bits per heavy atom. The maximum absolute atomic E-state index is 11.7. The van der Waals surface area contributed by atoms with E-state index in [1.54, 1.807) is 4.68 Å². The van der Waals surface area contributed by atoms with Crippen molar-refractivity contribution in [3.05, 3.63) is 22.5 Å². The van der Waals surface area contributed by atoms with E-state index in [-0.39, 0.29) is 30.0 Å². The molecule has 0 aliphatic heterocycles. The Balaban J connectivity index is 2.08. The van der Waals surface area contributed by atoms with E-state index in [1.165, 1.54) is 0 Å². The fourth-order valence-electron chi connectivity index (χ4n) is 2.36. The van der Waals surface area contributed by atoms with Crippen molar-refractivity contribution in [3.63, 3.8) is 0 Å². The highest BCUT2D eigenvalue weighted by Gasteiger charge is 2.22. The first-order chi connectivity index (χ1) is 9.19. The molecule has 0 saturated heterocycles. The number of aliphatic hydroxyl groups excluding tert-OH is 1. The summed E-state index contributed by atoms with van der Waals surface area (Å²) >= 11 is 0. The summed E-state index contributed by atoms with van der Waals surface area (Å²) in [4.78, 5) is 18.1. The first kappa shape index (κ1) is 11.8. The molecule has 1 aliphatic carbocycles. The number of rotatable bonds is 2. The molecule has 0 radical (unpaired) electrons. The fourth-order valence-corrected chi connectivity index (χ4v) is 2.36. The van der Waals surface area contributed by atoms with Crippen molar-refractivity contribution in [2.75, 3.05) is 12.3 Å². The van der Waals surface area contributed by atoms with Crippen LogP contribution in [0.15, 0.2) is 16.9 Å². The molecule has 3 rings (SSSR count). The molecule has 0 saturated carbocycles. The minimum absolute atomic E-state index is 0.0412. The minimum Gasteiger partial charge on any atom is -0.396 e. The third-order valence-corrected chi connectivity index (χ3v) is 3.33. The van der Waals surface area contributed by atoms with Crippen LogP contribution in [0.1, 0.15) is 18.9 Å². The van der Waals surface area contributed by atoms with E-state index in [2.05, 4.69) is 20.3 Å². The van der Waals surface area contributed by atoms with E-state index >= 15 is 0 Å². The number of aromatic amines is 1. The van der Waals surface area contributed by atoms with Crippen molar-refractivity contribution in [2.45, 2.75) is 18.9 Å². The predicted molar refractivity (Wildman–Crippen MR) is 68.3 cm³/mol. The van der Waals surface area contributed by atoms with Crippen LogP contribution in [0.2, 0.25) is 0 Å². The highest BCUT2D eigenvalue weighted by atomic mass is 16.3. The number of nitrogen functional groups attached to an aromatic ring is 1. The molecule has 2 aromatic heterocycles. The summed E-state index contributed by atoms with van der Waals surface area (Å²) in [6.45, 7) is 0.129. The largest absolute Gasteiger partial charge is 0.396 e. The van der Waals surface area contributed by atoms with Crippen molar-refractivity contribution < 1.29 is 5.11 Å². The number of aliphatic hydroxyl groups is 1. The van der Waals surface area contributed by atoms with Crippen LogP contribution in [-0.4, -0.2) is 36.7 Å². The summed E-state index contributed by atoms with van der Waals surface area (Å²) in [6.07, 6.45) is 5.56. The summed E-state index contributed by atoms with van der Waals surface area (Å²) in [5, 5.41) is 17.1. The third kappa shape index (κ3) is 1.99. The second-order valence-electron chi connectivity index (χ2n) is 4.67. The van der Waals surface area contributed by atoms with Crippen LogP contribution in [0.4, 0.5) is 5.95 Å². The van der Waals surface area contributed by atoms with E-state index < -0.39 is 5.56 Å². The van der Waals surface area contributed by atoms with Crippen molar-refractivity contribution in [1.29, 1.82) is 0 Å². The number of fused-ring (bicyclic) bond motifs is 1. The normalized spacial score (nSPS) is 23.0. The first-order valence-corrected chi connectivity index (χ1v) is 6.07. The van der Waals surface area contributed by atoms with E-state index in [0.717, 1.165) is 12.8 Å². The fraction of sp³-hybridized carbons (Fsp3) is 0.455. The van der Waals surface area contributed by atoms with Crippen LogP contribution >= 0.6 is 0 Å². The Labute approximate surface area is 108 Å². The van der Waals surface area contributed by atoms with Gasteiger partial charge in [-0.2, -0.15) is 4.98 Å². The number of hydrogen-bond donors (Lipinski definition) is 3. The van der Waals surface area contributed by atoms with Gasteiger partial charge in [0.2, 0.25) is 5.95 Å². The van der Waals surface area contributed by atoms with Gasteiger partial charge >= 0.3 is 0 Å². The van der Waals surface area contributed by atoms with Gasteiger partial charge in [0.05, 0.1) is 6.04 Å². The molecule has 0 unspecified atom stereocenters. The van der Waals surface area contributed by atoms with Gasteiger partial charge in [-0.1, -0.05) is 17.4 Å². The number of anilines is 1. The molecule has 0 bridgehead atoms. The Bertz CT molecular complexity index is 688. The van der Waals surface area contributed by atoms with E-state index in [0.29, 0.717) is 5.65 Å². The summed E-state index contributed by atoms with van der Waals surface area (Å²) in [6, 6.07) is -0.0652. The molecule has 0 amide bonds. The van der Waals surface area contributed by atoms with Gasteiger partial charge in [0.25, 0.3) is 5.56 Å². The first-order valence-electron chi connectivity index (χ1n) is 6.07. The van der Waals surface area contributed by atoms with Gasteiger partial charge in [0.1, 0.15) is 0 Å². The molecule has 4 N–H and O–H groups in total. The standard InChI is InChI=1S/C11H14N6O2/c12-11-13-9-8(10(19)14-11)15-16-17(9)7-3-1-2-6(4-7)5-18/h1,3,6-7,18H,2,4-5H2,(H3,12,13,14,19)/t6-,7+/m1/s1. The van der Waals surface area contributed by atoms with Gasteiger partial charge < -0.3 is 10.8 Å². The van der Waals surface area contributed by atoms with Crippen molar-refractivity contribution in [1.82, 2.24) is 25.0 Å². The van der Waals surface area contributed by atoms with Crippen LogP contribution in [0.25, 0.3) is 11.2 Å². The lowest BCUT2D eigenvalue weighted by Crippen LogP contribution is -2.20. The molecule has 2 heterocycles. The Morgan fingerprint density at radius 2 is 2.42 bits per heavy atom. The zero-order chi connectivity index (χ0) is 13.4. The molecule has 0 aromatic carbocycles. The van der Waals surface area contributed by atoms with E-state index in [1.807, 2.05) is 12.2 Å². The van der Waals surface area contributed by atoms with Gasteiger partial charge in [-0.15, -0.1) is 5.10 Å². The molecule has 0 fully saturated rings. The number of allylic oxidation sites excluding steroid dienone is 2. The molecule has 2 aromatic rings. The molecule has 1 aliphatic rings. The summed E-state index contributed by atoms with van der Waals surface area (Å²) in [5.41, 5.74) is 5.69. The Kier molecular flexibility index (Phi) is 2.79. The average Bonchev–Trinajstić information content (AvgIpc) is 2.82. The summed E-state index contributed by atoms with van der Waals surface area (Å²) in [5.74, 6) is 0.230. The summed E-state index contributed by atoms with van der Waals surface area (Å²) < 4.78 is 1.58. The number of nitrogens with two attached hydrogens (primary N) is 1. The van der Waals surface area contributed by atoms with Gasteiger partial charge in [-0.05, 0) is 18.8 Å². The van der Waals surface area contributed by atoms with Crippen LogP contribution < -0.4 is 11.3 Å². The number of hydrogen-bond acceptors (Lipinski definition) is 6. The SMILES string of the molecule is Nc1nc2c(nnn2[C@H]2C=CC[C@@H](CO)C2)c(=O)[nH]1. The second kappa shape index (κ2) is 4.47. The monoisotopic (exact) mass is 262 g/mol. The van der Waals surface area contributed by atoms with Crippen molar-refractivity contribution >= 4 is 17.1 Å². The second-order valence-corrected chi connectivity index (χ2v) is 4.67. The number of nitrogens with zero attached hydrogens (tertiary/aromatic N) is 4. The maximum Gasteiger partial charge on any atom is 0.282 e. The molecule has 8 nitrogen and oxygen atoms in total. The molecule has 2 atom stereocenters. The number of H-pyrrole nitrogens is 1. The van der Waals surface area contributed by atoms with Gasteiger partial charge in [-0.3, -0.25) is 9.78 Å². The topological polar surface area (TPSA) is 123 Å². The third-order valence-electron chi connectivity index (χ3n) is 3.33. The van der Waals surface area contributed by atoms with E-state index in [9.17, 15) is 9.90 Å². The highest BCUT2D eigenvalue weighted by Crippen LogP contribution is 2.27. The maximum atomic E-state index is 11.7. The summed E-state index contributed by atoms with van der Waals surface area (Å²) in [7, 11) is 0. The van der Waals surface area contributed by atoms with Crippen LogP contribution in [0.5, 0.6) is 0 Å². The molecular weight excluding hydrogens is 248 g/mol. The average molecular weight is 262 g/mol. The zero-order valence-electron chi connectivity index (χ0n) is 10.2. The number of aromatic nitrogens is 5. The zero-order valence-corrected chi connectivity index (χ0v) is 10.2. The van der Waals surface area contributed by atoms with Crippen molar-refractivity contribution in [2.24, 2.45) is 5.92 Å². The van der Waals surface area contributed by atoms with Crippen LogP contribution in [0, 0.1) is 5.92 Å². The van der Waals surface area contributed by atoms with Gasteiger partial charge in [0.15, 0.2) is 11.2 Å². The van der Waals surface area contributed by atoms with E-state index in [4.69, 9.17) is 5.73 Å². The van der Waals surface area contributed by atoms with Crippen molar-refractivity contribution in [3.8, 4) is 0 Å². The lowest BCUT2D eigenvalue weighted by atomic mass is 9.92. The predicted octanol–water partition coefficient (Wildman–Crippen LogP) is -0.404. The lowest BCUT2D eigenvalue weighted by Gasteiger charge is -2.23. The Hall–Kier alpha value is -2.22. The molecule has 19 heavy (non-hydrogen) atoms. The van der Waals surface area contributed by atoms with Gasteiger partial charge in [0, 0.05) is 6.61 Å². The molecule has 8 heteroatoms. The minimum atomic E-state index is -0.396. The molecule has 0 spiro atoms. The molecular formula is C11H14N6O2. The molecule has 100 valence electrons. The van der Waals surface area contributed by atoms with Gasteiger partial charge in [-0.25, -0.2) is 4.68 Å². The quantitative estimate of drug-likeness (QED) is 0.633. The smallest absolute Gasteiger partial charge is 0.282 e. The lowest BCUT2D eigenvalue weighted by molar-refractivity contribution is 0.202.